The summed E-state index contributed by atoms with van der Waals surface area (Å²) in [5.74, 6) is 0.188. The minimum absolute atomic E-state index is 0.0876. The molecule has 2 rings (SSSR count). The maximum atomic E-state index is 10.6. The second-order valence-electron chi connectivity index (χ2n) is 5.43. The van der Waals surface area contributed by atoms with Crippen molar-refractivity contribution in [1.29, 1.82) is 0 Å². The van der Waals surface area contributed by atoms with E-state index in [2.05, 4.69) is 12.2 Å². The van der Waals surface area contributed by atoms with E-state index in [1.54, 1.807) is 0 Å². The molecule has 1 fully saturated rings. The summed E-state index contributed by atoms with van der Waals surface area (Å²) in [5.41, 5.74) is 6.37. The highest BCUT2D eigenvalue weighted by molar-refractivity contribution is 5.75. The van der Waals surface area contributed by atoms with Crippen molar-refractivity contribution in [1.82, 2.24) is 5.32 Å². The van der Waals surface area contributed by atoms with E-state index in [-0.39, 0.29) is 12.1 Å². The van der Waals surface area contributed by atoms with E-state index < -0.39 is 5.91 Å². The molecule has 1 aliphatic heterocycles. The second kappa shape index (κ2) is 6.72. The summed E-state index contributed by atoms with van der Waals surface area (Å²) in [6.45, 7) is 4.61. The molecule has 1 aromatic carbocycles. The molecule has 1 aromatic rings. The zero-order valence-corrected chi connectivity index (χ0v) is 11.9. The Balaban J connectivity index is 1.82. The molecule has 5 heteroatoms. The van der Waals surface area contributed by atoms with E-state index in [4.69, 9.17) is 15.2 Å². The Kier molecular flexibility index (Phi) is 4.98. The standard InChI is InChI=1S/C15H22N2O3/c1-15(6-8-19-9-7-15)17-10-12-2-4-13(5-3-12)20-11-14(16)18/h2-5,17H,6-11H2,1H3,(H2,16,18). The molecule has 0 bridgehead atoms. The number of carbonyl (C=O) groups excluding carboxylic acids is 1. The van der Waals surface area contributed by atoms with Crippen molar-refractivity contribution in [2.45, 2.75) is 31.8 Å². The largest absolute Gasteiger partial charge is 0.484 e. The second-order valence-corrected chi connectivity index (χ2v) is 5.43. The minimum Gasteiger partial charge on any atom is -0.484 e. The van der Waals surface area contributed by atoms with E-state index in [1.807, 2.05) is 24.3 Å². The molecular weight excluding hydrogens is 256 g/mol. The predicted molar refractivity (Wildman–Crippen MR) is 76.4 cm³/mol. The molecule has 110 valence electrons. The summed E-state index contributed by atoms with van der Waals surface area (Å²) in [7, 11) is 0. The third kappa shape index (κ3) is 4.51. The number of hydrogen-bond acceptors (Lipinski definition) is 4. The van der Waals surface area contributed by atoms with Crippen molar-refractivity contribution >= 4 is 5.91 Å². The first-order chi connectivity index (χ1) is 9.57. The van der Waals surface area contributed by atoms with E-state index in [0.717, 1.165) is 32.6 Å². The third-order valence-electron chi connectivity index (χ3n) is 3.62. The zero-order valence-electron chi connectivity index (χ0n) is 11.9. The quantitative estimate of drug-likeness (QED) is 0.820. The van der Waals surface area contributed by atoms with Crippen LogP contribution in [0.2, 0.25) is 0 Å². The van der Waals surface area contributed by atoms with Crippen LogP contribution in [0.5, 0.6) is 5.75 Å². The number of benzene rings is 1. The Labute approximate surface area is 119 Å². The van der Waals surface area contributed by atoms with E-state index in [9.17, 15) is 4.79 Å². The van der Waals surface area contributed by atoms with Crippen molar-refractivity contribution in [3.05, 3.63) is 29.8 Å². The lowest BCUT2D eigenvalue weighted by Crippen LogP contribution is -2.46. The third-order valence-corrected chi connectivity index (χ3v) is 3.62. The molecule has 1 amide bonds. The summed E-state index contributed by atoms with van der Waals surface area (Å²) in [5, 5.41) is 3.59. The van der Waals surface area contributed by atoms with Gasteiger partial charge >= 0.3 is 0 Å². The molecule has 1 heterocycles. The molecule has 0 aromatic heterocycles. The number of nitrogens with two attached hydrogens (primary N) is 1. The molecule has 3 N–H and O–H groups in total. The van der Waals surface area contributed by atoms with Crippen LogP contribution < -0.4 is 15.8 Å². The van der Waals surface area contributed by atoms with E-state index in [1.165, 1.54) is 5.56 Å². The molecular formula is C15H22N2O3. The van der Waals surface area contributed by atoms with Gasteiger partial charge < -0.3 is 20.5 Å². The molecule has 20 heavy (non-hydrogen) atoms. The first-order valence-corrected chi connectivity index (χ1v) is 6.90. The molecule has 0 aliphatic carbocycles. The van der Waals surface area contributed by atoms with Crippen molar-refractivity contribution in [3.8, 4) is 5.75 Å². The summed E-state index contributed by atoms with van der Waals surface area (Å²) < 4.78 is 10.6. The lowest BCUT2D eigenvalue weighted by molar-refractivity contribution is -0.119. The van der Waals surface area contributed by atoms with Crippen molar-refractivity contribution in [3.63, 3.8) is 0 Å². The first kappa shape index (κ1) is 14.8. The highest BCUT2D eigenvalue weighted by Crippen LogP contribution is 2.20. The van der Waals surface area contributed by atoms with Gasteiger partial charge in [0.25, 0.3) is 5.91 Å². The lowest BCUT2D eigenvalue weighted by Gasteiger charge is -2.34. The molecule has 0 unspecified atom stereocenters. The van der Waals surface area contributed by atoms with Gasteiger partial charge in [0.05, 0.1) is 0 Å². The first-order valence-electron chi connectivity index (χ1n) is 6.90. The number of nitrogens with one attached hydrogen (secondary N) is 1. The fraction of sp³-hybridized carbons (Fsp3) is 0.533. The zero-order chi connectivity index (χ0) is 14.4. The summed E-state index contributed by atoms with van der Waals surface area (Å²) >= 11 is 0. The number of carbonyl (C=O) groups is 1. The monoisotopic (exact) mass is 278 g/mol. The molecule has 1 aliphatic rings. The van der Waals surface area contributed by atoms with Crippen LogP contribution in [-0.2, 0) is 16.1 Å². The van der Waals surface area contributed by atoms with Gasteiger partial charge in [-0.05, 0) is 37.5 Å². The normalized spacial score (nSPS) is 17.6. The number of ether oxygens (including phenoxy) is 2. The van der Waals surface area contributed by atoms with Crippen LogP contribution in [0.25, 0.3) is 0 Å². The maximum Gasteiger partial charge on any atom is 0.255 e. The van der Waals surface area contributed by atoms with Gasteiger partial charge in [0, 0.05) is 25.3 Å². The Morgan fingerprint density at radius 1 is 1.35 bits per heavy atom. The molecule has 0 spiro atoms. The molecule has 0 saturated carbocycles. The summed E-state index contributed by atoms with van der Waals surface area (Å²) in [6.07, 6.45) is 2.07. The fourth-order valence-electron chi connectivity index (χ4n) is 2.17. The average Bonchev–Trinajstić information content (AvgIpc) is 2.45. The van der Waals surface area contributed by atoms with Gasteiger partial charge in [-0.3, -0.25) is 4.79 Å². The van der Waals surface area contributed by atoms with Gasteiger partial charge in [-0.25, -0.2) is 0 Å². The number of amides is 1. The fourth-order valence-corrected chi connectivity index (χ4v) is 2.17. The van der Waals surface area contributed by atoms with Crippen molar-refractivity contribution in [2.75, 3.05) is 19.8 Å². The Bertz CT molecular complexity index is 439. The van der Waals surface area contributed by atoms with Gasteiger partial charge in [0.15, 0.2) is 6.61 Å². The van der Waals surface area contributed by atoms with Crippen LogP contribution in [0.4, 0.5) is 0 Å². The molecule has 5 nitrogen and oxygen atoms in total. The topological polar surface area (TPSA) is 73.6 Å². The Morgan fingerprint density at radius 2 is 2.00 bits per heavy atom. The van der Waals surface area contributed by atoms with E-state index in [0.29, 0.717) is 5.75 Å². The van der Waals surface area contributed by atoms with Gasteiger partial charge in [-0.1, -0.05) is 12.1 Å². The summed E-state index contributed by atoms with van der Waals surface area (Å²) in [6, 6.07) is 7.69. The van der Waals surface area contributed by atoms with Crippen molar-refractivity contribution < 1.29 is 14.3 Å². The number of primary amides is 1. The highest BCUT2D eigenvalue weighted by atomic mass is 16.5. The van der Waals surface area contributed by atoms with Gasteiger partial charge in [0.1, 0.15) is 5.75 Å². The number of hydrogen-bond donors (Lipinski definition) is 2. The smallest absolute Gasteiger partial charge is 0.255 e. The van der Waals surface area contributed by atoms with Crippen LogP contribution in [0.3, 0.4) is 0 Å². The lowest BCUT2D eigenvalue weighted by atomic mass is 9.92. The Morgan fingerprint density at radius 3 is 2.60 bits per heavy atom. The maximum absolute atomic E-state index is 10.6. The van der Waals surface area contributed by atoms with Crippen LogP contribution in [-0.4, -0.2) is 31.3 Å². The van der Waals surface area contributed by atoms with Crippen LogP contribution in [0.1, 0.15) is 25.3 Å². The average molecular weight is 278 g/mol. The van der Waals surface area contributed by atoms with Crippen LogP contribution >= 0.6 is 0 Å². The number of rotatable bonds is 6. The molecule has 1 saturated heterocycles. The van der Waals surface area contributed by atoms with Gasteiger partial charge in [-0.2, -0.15) is 0 Å². The SMILES string of the molecule is CC1(NCc2ccc(OCC(N)=O)cc2)CCOCC1. The molecule has 0 atom stereocenters. The van der Waals surface area contributed by atoms with Crippen LogP contribution in [0, 0.1) is 0 Å². The Hall–Kier alpha value is -1.59. The van der Waals surface area contributed by atoms with Crippen LogP contribution in [0.15, 0.2) is 24.3 Å². The molecule has 0 radical (unpaired) electrons. The van der Waals surface area contributed by atoms with Gasteiger partial charge in [-0.15, -0.1) is 0 Å². The highest BCUT2D eigenvalue weighted by Gasteiger charge is 2.26. The minimum atomic E-state index is -0.469. The predicted octanol–water partition coefficient (Wildman–Crippen LogP) is 1.21. The van der Waals surface area contributed by atoms with Gasteiger partial charge in [0.2, 0.25) is 0 Å². The van der Waals surface area contributed by atoms with Crippen molar-refractivity contribution in [2.24, 2.45) is 5.73 Å². The van der Waals surface area contributed by atoms with E-state index >= 15 is 0 Å². The summed E-state index contributed by atoms with van der Waals surface area (Å²) in [4.78, 5) is 10.6.